The van der Waals surface area contributed by atoms with Crippen LogP contribution in [0, 0.1) is 0 Å². The van der Waals surface area contributed by atoms with Crippen LogP contribution in [-0.2, 0) is 4.79 Å². The van der Waals surface area contributed by atoms with E-state index in [4.69, 9.17) is 0 Å². The first-order chi connectivity index (χ1) is 13.1. The van der Waals surface area contributed by atoms with Crippen LogP contribution in [0.1, 0.15) is 49.9 Å². The van der Waals surface area contributed by atoms with Crippen molar-refractivity contribution in [2.75, 3.05) is 22.1 Å². The minimum Gasteiger partial charge on any atom is -0.338 e. The molecule has 7 nitrogen and oxygen atoms in total. The molecule has 1 aromatic heterocycles. The highest BCUT2D eigenvalue weighted by molar-refractivity contribution is 6.04. The number of hydrogen-bond donors (Lipinski definition) is 2. The Labute approximate surface area is 159 Å². The van der Waals surface area contributed by atoms with Crippen molar-refractivity contribution in [1.82, 2.24) is 9.97 Å². The number of piperidine rings is 1. The Morgan fingerprint density at radius 1 is 1.07 bits per heavy atom. The number of rotatable bonds is 5. The van der Waals surface area contributed by atoms with Crippen LogP contribution >= 0.6 is 0 Å². The van der Waals surface area contributed by atoms with E-state index in [-0.39, 0.29) is 11.8 Å². The van der Waals surface area contributed by atoms with Crippen molar-refractivity contribution in [3.05, 3.63) is 42.2 Å². The SMILES string of the molecule is CCC1CCCCN1c1ncc(C(=O)Nc2ccc(NC(C)=O)cc2)cn1. The Morgan fingerprint density at radius 3 is 2.30 bits per heavy atom. The molecule has 0 saturated carbocycles. The molecule has 27 heavy (non-hydrogen) atoms. The number of hydrogen-bond acceptors (Lipinski definition) is 5. The van der Waals surface area contributed by atoms with Gasteiger partial charge in [0.05, 0.1) is 5.56 Å². The standard InChI is InChI=1S/C20H25N5O2/c1-3-18-6-4-5-11-25(18)20-21-12-15(13-22-20)19(27)24-17-9-7-16(8-10-17)23-14(2)26/h7-10,12-13,18H,3-6,11H2,1-2H3,(H,23,26)(H,24,27). The summed E-state index contributed by atoms with van der Waals surface area (Å²) in [5, 5.41) is 5.50. The summed E-state index contributed by atoms with van der Waals surface area (Å²) < 4.78 is 0. The van der Waals surface area contributed by atoms with E-state index in [9.17, 15) is 9.59 Å². The number of nitrogens with one attached hydrogen (secondary N) is 2. The smallest absolute Gasteiger partial charge is 0.258 e. The summed E-state index contributed by atoms with van der Waals surface area (Å²) in [4.78, 5) is 34.5. The van der Waals surface area contributed by atoms with Crippen molar-refractivity contribution in [1.29, 1.82) is 0 Å². The first kappa shape index (κ1) is 18.8. The largest absolute Gasteiger partial charge is 0.338 e. The molecule has 7 heteroatoms. The summed E-state index contributed by atoms with van der Waals surface area (Å²) in [6.45, 7) is 4.60. The van der Waals surface area contributed by atoms with Crippen LogP contribution in [-0.4, -0.2) is 34.4 Å². The molecule has 0 bridgehead atoms. The molecule has 0 aliphatic carbocycles. The molecule has 2 amide bonds. The van der Waals surface area contributed by atoms with Gasteiger partial charge in [-0.3, -0.25) is 9.59 Å². The van der Waals surface area contributed by atoms with Gasteiger partial charge in [-0.05, 0) is 49.9 Å². The van der Waals surface area contributed by atoms with E-state index in [1.165, 1.54) is 13.3 Å². The number of amides is 2. The quantitative estimate of drug-likeness (QED) is 0.845. The fraction of sp³-hybridized carbons (Fsp3) is 0.400. The number of aromatic nitrogens is 2. The second kappa shape index (κ2) is 8.62. The molecule has 0 radical (unpaired) electrons. The van der Waals surface area contributed by atoms with Gasteiger partial charge >= 0.3 is 0 Å². The fourth-order valence-electron chi connectivity index (χ4n) is 3.32. The molecule has 2 N–H and O–H groups in total. The van der Waals surface area contributed by atoms with Crippen LogP contribution in [0.2, 0.25) is 0 Å². The van der Waals surface area contributed by atoms with Crippen LogP contribution < -0.4 is 15.5 Å². The fourth-order valence-corrected chi connectivity index (χ4v) is 3.32. The zero-order valence-corrected chi connectivity index (χ0v) is 15.7. The maximum Gasteiger partial charge on any atom is 0.258 e. The number of carbonyl (C=O) groups is 2. The number of benzene rings is 1. The number of anilines is 3. The molecule has 1 saturated heterocycles. The second-order valence-corrected chi connectivity index (χ2v) is 6.74. The highest BCUT2D eigenvalue weighted by Gasteiger charge is 2.23. The van der Waals surface area contributed by atoms with E-state index in [0.717, 1.165) is 25.8 Å². The van der Waals surface area contributed by atoms with Crippen LogP contribution in [0.25, 0.3) is 0 Å². The van der Waals surface area contributed by atoms with Gasteiger partial charge in [-0.2, -0.15) is 0 Å². The summed E-state index contributed by atoms with van der Waals surface area (Å²) in [7, 11) is 0. The molecular weight excluding hydrogens is 342 g/mol. The maximum atomic E-state index is 12.4. The summed E-state index contributed by atoms with van der Waals surface area (Å²) in [5.74, 6) is 0.292. The Bertz CT molecular complexity index is 789. The third-order valence-corrected chi connectivity index (χ3v) is 4.72. The van der Waals surface area contributed by atoms with Gasteiger partial charge < -0.3 is 15.5 Å². The van der Waals surface area contributed by atoms with Crippen molar-refractivity contribution in [2.24, 2.45) is 0 Å². The minimum absolute atomic E-state index is 0.136. The molecular formula is C20H25N5O2. The third kappa shape index (κ3) is 4.81. The second-order valence-electron chi connectivity index (χ2n) is 6.74. The molecule has 1 fully saturated rings. The van der Waals surface area contributed by atoms with Gasteiger partial charge in [0.15, 0.2) is 0 Å². The Morgan fingerprint density at radius 2 is 1.70 bits per heavy atom. The normalized spacial score (nSPS) is 16.7. The summed E-state index contributed by atoms with van der Waals surface area (Å²) >= 11 is 0. The van der Waals surface area contributed by atoms with Crippen LogP contribution in [0.15, 0.2) is 36.7 Å². The highest BCUT2D eigenvalue weighted by atomic mass is 16.2. The van der Waals surface area contributed by atoms with Crippen LogP contribution in [0.4, 0.5) is 17.3 Å². The maximum absolute atomic E-state index is 12.4. The molecule has 142 valence electrons. The van der Waals surface area contributed by atoms with Crippen molar-refractivity contribution >= 4 is 29.1 Å². The summed E-state index contributed by atoms with van der Waals surface area (Å²) in [6.07, 6.45) is 7.78. The van der Waals surface area contributed by atoms with E-state index in [1.807, 2.05) is 0 Å². The Hall–Kier alpha value is -2.96. The van der Waals surface area contributed by atoms with E-state index in [1.54, 1.807) is 36.7 Å². The lowest BCUT2D eigenvalue weighted by atomic mass is 10.0. The van der Waals surface area contributed by atoms with Crippen molar-refractivity contribution in [2.45, 2.75) is 45.6 Å². The number of carbonyl (C=O) groups excluding carboxylic acids is 2. The summed E-state index contributed by atoms with van der Waals surface area (Å²) in [6, 6.07) is 7.41. The minimum atomic E-state index is -0.264. The average molecular weight is 367 g/mol. The van der Waals surface area contributed by atoms with Gasteiger partial charge in [-0.25, -0.2) is 9.97 Å². The lowest BCUT2D eigenvalue weighted by molar-refractivity contribution is -0.114. The zero-order chi connectivity index (χ0) is 19.2. The van der Waals surface area contributed by atoms with E-state index in [0.29, 0.717) is 28.9 Å². The van der Waals surface area contributed by atoms with Gasteiger partial charge in [0.25, 0.3) is 5.91 Å². The molecule has 1 aliphatic heterocycles. The van der Waals surface area contributed by atoms with Crippen molar-refractivity contribution < 1.29 is 9.59 Å². The van der Waals surface area contributed by atoms with Crippen LogP contribution in [0.3, 0.4) is 0 Å². The average Bonchev–Trinajstić information content (AvgIpc) is 2.69. The molecule has 1 aromatic carbocycles. The predicted octanol–water partition coefficient (Wildman–Crippen LogP) is 3.46. The first-order valence-electron chi connectivity index (χ1n) is 9.34. The molecule has 1 unspecified atom stereocenters. The number of nitrogens with zero attached hydrogens (tertiary/aromatic N) is 3. The van der Waals surface area contributed by atoms with Crippen molar-refractivity contribution in [3.8, 4) is 0 Å². The van der Waals surface area contributed by atoms with Gasteiger partial charge in [0.2, 0.25) is 11.9 Å². The lowest BCUT2D eigenvalue weighted by Gasteiger charge is -2.35. The predicted molar refractivity (Wildman–Crippen MR) is 106 cm³/mol. The molecule has 1 aliphatic rings. The molecule has 1 atom stereocenters. The van der Waals surface area contributed by atoms with Crippen LogP contribution in [0.5, 0.6) is 0 Å². The van der Waals surface area contributed by atoms with Crippen molar-refractivity contribution in [3.63, 3.8) is 0 Å². The van der Waals surface area contributed by atoms with Gasteiger partial charge in [0, 0.05) is 43.3 Å². The molecule has 3 rings (SSSR count). The van der Waals surface area contributed by atoms with Gasteiger partial charge in [0.1, 0.15) is 0 Å². The summed E-state index contributed by atoms with van der Waals surface area (Å²) in [5.41, 5.74) is 1.73. The first-order valence-corrected chi connectivity index (χ1v) is 9.34. The zero-order valence-electron chi connectivity index (χ0n) is 15.7. The molecule has 2 aromatic rings. The highest BCUT2D eigenvalue weighted by Crippen LogP contribution is 2.23. The van der Waals surface area contributed by atoms with E-state index >= 15 is 0 Å². The van der Waals surface area contributed by atoms with Gasteiger partial charge in [-0.1, -0.05) is 6.92 Å². The molecule has 2 heterocycles. The Kier molecular flexibility index (Phi) is 6.01. The Balaban J connectivity index is 1.64. The van der Waals surface area contributed by atoms with E-state index in [2.05, 4.69) is 32.4 Å². The topological polar surface area (TPSA) is 87.2 Å². The van der Waals surface area contributed by atoms with E-state index < -0.39 is 0 Å². The molecule has 0 spiro atoms. The monoisotopic (exact) mass is 367 g/mol. The van der Waals surface area contributed by atoms with Gasteiger partial charge in [-0.15, -0.1) is 0 Å². The lowest BCUT2D eigenvalue weighted by Crippen LogP contribution is -2.40. The third-order valence-electron chi connectivity index (χ3n) is 4.72.